The molecule has 2 heterocycles. The number of benzene rings is 3. The number of fused-ring (bicyclic) bond motifs is 2. The van der Waals surface area contributed by atoms with Crippen LogP contribution in [0.15, 0.2) is 54.6 Å². The number of ether oxygens (including phenoxy) is 7. The van der Waals surface area contributed by atoms with Crippen molar-refractivity contribution in [1.82, 2.24) is 0 Å². The largest absolute Gasteiger partial charge is 0.507 e. The van der Waals surface area contributed by atoms with Gasteiger partial charge in [-0.2, -0.15) is 0 Å². The number of carbonyl (C=O) groups is 1. The second-order valence-corrected chi connectivity index (χ2v) is 9.32. The molecule has 0 aliphatic carbocycles. The normalized spacial score (nSPS) is 23.2. The van der Waals surface area contributed by atoms with Gasteiger partial charge < -0.3 is 43.4 Å². The van der Waals surface area contributed by atoms with Crippen molar-refractivity contribution < 1.29 is 48.2 Å². The van der Waals surface area contributed by atoms with E-state index in [1.54, 1.807) is 48.6 Å². The van der Waals surface area contributed by atoms with Gasteiger partial charge in [0.15, 0.2) is 17.1 Å². The molecule has 5 rings (SSSR count). The van der Waals surface area contributed by atoms with Crippen molar-refractivity contribution in [3.05, 3.63) is 71.3 Å². The monoisotopic (exact) mass is 550 g/mol. The van der Waals surface area contributed by atoms with E-state index in [1.165, 1.54) is 47.7 Å². The molecule has 3 aromatic rings. The van der Waals surface area contributed by atoms with Crippen LogP contribution in [0.1, 0.15) is 27.9 Å². The molecule has 40 heavy (non-hydrogen) atoms. The maximum atomic E-state index is 13.9. The number of rotatable bonds is 8. The van der Waals surface area contributed by atoms with Crippen LogP contribution in [0.5, 0.6) is 40.2 Å². The lowest BCUT2D eigenvalue weighted by atomic mass is 9.77. The molecule has 2 aliphatic rings. The Kier molecular flexibility index (Phi) is 6.99. The van der Waals surface area contributed by atoms with Gasteiger partial charge in [-0.1, -0.05) is 24.3 Å². The molecule has 0 radical (unpaired) electrons. The number of aliphatic hydroxyl groups is 1. The number of hydrogen-bond acceptors (Lipinski definition) is 10. The van der Waals surface area contributed by atoms with Gasteiger partial charge in [0.25, 0.3) is 5.79 Å². The quantitative estimate of drug-likeness (QED) is 0.424. The van der Waals surface area contributed by atoms with Crippen molar-refractivity contribution in [2.45, 2.75) is 23.9 Å². The molecule has 1 fully saturated rings. The zero-order valence-corrected chi connectivity index (χ0v) is 22.7. The summed E-state index contributed by atoms with van der Waals surface area (Å²) in [5, 5.41) is 22.6. The Balaban J connectivity index is 1.60. The van der Waals surface area contributed by atoms with E-state index in [-0.39, 0.29) is 23.5 Å². The topological polar surface area (TPSA) is 122 Å². The first-order chi connectivity index (χ1) is 19.2. The Hall–Kier alpha value is -4.41. The lowest BCUT2D eigenvalue weighted by molar-refractivity contribution is -0.223. The van der Waals surface area contributed by atoms with E-state index in [4.69, 9.17) is 33.2 Å². The van der Waals surface area contributed by atoms with Gasteiger partial charge in [0.1, 0.15) is 34.3 Å². The molecule has 0 spiro atoms. The summed E-state index contributed by atoms with van der Waals surface area (Å²) in [6.07, 6.45) is 2.72. The van der Waals surface area contributed by atoms with Crippen molar-refractivity contribution in [3.63, 3.8) is 0 Å². The fourth-order valence-electron chi connectivity index (χ4n) is 5.22. The second kappa shape index (κ2) is 10.3. The smallest absolute Gasteiger partial charge is 0.277 e. The van der Waals surface area contributed by atoms with Gasteiger partial charge in [0.05, 0.1) is 41.7 Å². The number of methoxy groups -OCH3 is 5. The summed E-state index contributed by atoms with van der Waals surface area (Å²) in [6.45, 7) is 0. The van der Waals surface area contributed by atoms with Gasteiger partial charge in [-0.05, 0) is 18.2 Å². The average molecular weight is 551 g/mol. The number of phenols is 1. The predicted octanol–water partition coefficient (Wildman–Crippen LogP) is 4.10. The summed E-state index contributed by atoms with van der Waals surface area (Å²) in [5.41, 5.74) is -0.712. The van der Waals surface area contributed by atoms with Gasteiger partial charge in [0, 0.05) is 35.7 Å². The molecule has 10 nitrogen and oxygen atoms in total. The van der Waals surface area contributed by atoms with E-state index in [1.807, 2.05) is 0 Å². The summed E-state index contributed by atoms with van der Waals surface area (Å²) in [7, 11) is 7.57. The SMILES string of the molecule is COc1ccc(C23CC(C=Cc4cc(OC)c(OC)cc4OC)OC2(O)C(=O)c2c(O)cc(OC)cc2O3)cc1. The van der Waals surface area contributed by atoms with Crippen molar-refractivity contribution in [1.29, 1.82) is 0 Å². The Morgan fingerprint density at radius 2 is 1.50 bits per heavy atom. The number of ketones is 1. The van der Waals surface area contributed by atoms with Crippen LogP contribution in [0.25, 0.3) is 6.08 Å². The molecule has 3 aromatic carbocycles. The fraction of sp³-hybridized carbons (Fsp3) is 0.300. The maximum absolute atomic E-state index is 13.9. The van der Waals surface area contributed by atoms with Gasteiger partial charge in [-0.15, -0.1) is 0 Å². The lowest BCUT2D eigenvalue weighted by Crippen LogP contribution is -2.60. The molecule has 0 saturated carbocycles. The highest BCUT2D eigenvalue weighted by Crippen LogP contribution is 2.56. The summed E-state index contributed by atoms with van der Waals surface area (Å²) in [6, 6.07) is 13.0. The molecule has 3 atom stereocenters. The third-order valence-corrected chi connectivity index (χ3v) is 7.25. The molecule has 2 aliphatic heterocycles. The summed E-state index contributed by atoms with van der Waals surface area (Å²) in [5.74, 6) is -1.23. The zero-order chi connectivity index (χ0) is 28.7. The lowest BCUT2D eigenvalue weighted by Gasteiger charge is -2.43. The van der Waals surface area contributed by atoms with Crippen LogP contribution < -0.4 is 28.4 Å². The van der Waals surface area contributed by atoms with Crippen molar-refractivity contribution in [2.75, 3.05) is 35.5 Å². The van der Waals surface area contributed by atoms with Crippen molar-refractivity contribution in [2.24, 2.45) is 0 Å². The summed E-state index contributed by atoms with van der Waals surface area (Å²) >= 11 is 0. The van der Waals surface area contributed by atoms with Crippen LogP contribution in [0.3, 0.4) is 0 Å². The van der Waals surface area contributed by atoms with E-state index in [0.717, 1.165) is 0 Å². The van der Waals surface area contributed by atoms with E-state index in [9.17, 15) is 15.0 Å². The van der Waals surface area contributed by atoms with Crippen molar-refractivity contribution in [3.8, 4) is 40.2 Å². The zero-order valence-electron chi connectivity index (χ0n) is 22.7. The molecular formula is C30H30O10. The standard InChI is InChI=1S/C30H30O10/c1-34-19-10-7-18(8-11-19)29-16-20(9-6-17-12-24(37-4)25(38-5)15-23(17)36-3)39-30(29,33)28(32)27-22(31)13-21(35-2)14-26(27)40-29/h6-15,20,31,33H,16H2,1-5H3. The Morgan fingerprint density at radius 1 is 0.850 bits per heavy atom. The maximum Gasteiger partial charge on any atom is 0.277 e. The first-order valence-corrected chi connectivity index (χ1v) is 12.4. The Morgan fingerprint density at radius 3 is 2.12 bits per heavy atom. The van der Waals surface area contributed by atoms with Crippen LogP contribution in [-0.2, 0) is 10.3 Å². The highest BCUT2D eigenvalue weighted by atomic mass is 16.7. The molecule has 3 unspecified atom stereocenters. The number of aromatic hydroxyl groups is 1. The van der Waals surface area contributed by atoms with E-state index in [2.05, 4.69) is 0 Å². The Bertz CT molecular complexity index is 1460. The highest BCUT2D eigenvalue weighted by Gasteiger charge is 2.69. The molecular weight excluding hydrogens is 520 g/mol. The average Bonchev–Trinajstić information content (AvgIpc) is 3.28. The van der Waals surface area contributed by atoms with E-state index in [0.29, 0.717) is 34.1 Å². The van der Waals surface area contributed by atoms with E-state index >= 15 is 0 Å². The van der Waals surface area contributed by atoms with Crippen molar-refractivity contribution >= 4 is 11.9 Å². The van der Waals surface area contributed by atoms with Crippen LogP contribution in [-0.4, -0.2) is 63.4 Å². The van der Waals surface area contributed by atoms with Gasteiger partial charge in [-0.3, -0.25) is 4.79 Å². The summed E-state index contributed by atoms with van der Waals surface area (Å²) in [4.78, 5) is 13.9. The number of carbonyl (C=O) groups excluding carboxylic acids is 1. The molecule has 0 bridgehead atoms. The van der Waals surface area contributed by atoms with E-state index < -0.39 is 29.0 Å². The number of Topliss-reactive ketones (excluding diaryl/α,β-unsaturated/α-hetero) is 1. The third-order valence-electron chi connectivity index (χ3n) is 7.25. The highest BCUT2D eigenvalue weighted by molar-refractivity contribution is 6.08. The Labute approximate surface area is 231 Å². The van der Waals surface area contributed by atoms with Crippen LogP contribution in [0.4, 0.5) is 0 Å². The minimum absolute atomic E-state index is 0.0606. The molecule has 10 heteroatoms. The molecule has 0 aromatic heterocycles. The number of phenolic OH excluding ortho intramolecular Hbond substituents is 1. The minimum Gasteiger partial charge on any atom is -0.507 e. The van der Waals surface area contributed by atoms with Crippen LogP contribution in [0.2, 0.25) is 0 Å². The van der Waals surface area contributed by atoms with Gasteiger partial charge in [-0.25, -0.2) is 0 Å². The van der Waals surface area contributed by atoms with Gasteiger partial charge >= 0.3 is 0 Å². The minimum atomic E-state index is -2.46. The fourth-order valence-corrected chi connectivity index (χ4v) is 5.22. The predicted molar refractivity (Wildman–Crippen MR) is 144 cm³/mol. The molecule has 210 valence electrons. The van der Waals surface area contributed by atoms with Crippen LogP contribution in [0, 0.1) is 0 Å². The van der Waals surface area contributed by atoms with Gasteiger partial charge in [0.2, 0.25) is 5.78 Å². The molecule has 2 N–H and O–H groups in total. The molecule has 0 amide bonds. The third kappa shape index (κ3) is 4.16. The first kappa shape index (κ1) is 27.2. The molecule has 1 saturated heterocycles. The first-order valence-electron chi connectivity index (χ1n) is 12.4. The number of hydrogen-bond donors (Lipinski definition) is 2. The second-order valence-electron chi connectivity index (χ2n) is 9.32. The van der Waals surface area contributed by atoms with Crippen LogP contribution >= 0.6 is 0 Å². The summed E-state index contributed by atoms with van der Waals surface area (Å²) < 4.78 is 39.3.